The summed E-state index contributed by atoms with van der Waals surface area (Å²) in [5, 5.41) is 0. The molecule has 0 saturated carbocycles. The van der Waals surface area contributed by atoms with Crippen LogP contribution < -0.4 is 4.80 Å². The van der Waals surface area contributed by atoms with Crippen LogP contribution in [0.5, 0.6) is 0 Å². The van der Waals surface area contributed by atoms with Gasteiger partial charge in [-0.1, -0.05) is 23.5 Å². The number of nitrogens with zero attached hydrogens (tertiary/aromatic N) is 2. The van der Waals surface area contributed by atoms with Crippen LogP contribution in [-0.4, -0.2) is 37.3 Å². The van der Waals surface area contributed by atoms with Crippen LogP contribution in [0.3, 0.4) is 0 Å². The number of amides is 1. The maximum atomic E-state index is 13.0. The molecule has 146 valence electrons. The van der Waals surface area contributed by atoms with Gasteiger partial charge in [0.2, 0.25) is 0 Å². The van der Waals surface area contributed by atoms with E-state index in [9.17, 15) is 14.0 Å². The Kier molecular flexibility index (Phi) is 6.33. The lowest BCUT2D eigenvalue weighted by Gasteiger charge is -2.05. The Morgan fingerprint density at radius 1 is 1.14 bits per heavy atom. The molecule has 0 radical (unpaired) electrons. The summed E-state index contributed by atoms with van der Waals surface area (Å²) in [6.07, 6.45) is 0.0756. The van der Waals surface area contributed by atoms with Crippen molar-refractivity contribution in [2.75, 3.05) is 20.8 Å². The molecule has 0 N–H and O–H groups in total. The second kappa shape index (κ2) is 8.90. The molecule has 3 aromatic rings. The van der Waals surface area contributed by atoms with Crippen molar-refractivity contribution in [1.29, 1.82) is 0 Å². The minimum atomic E-state index is -0.426. The second-order valence-corrected chi connectivity index (χ2v) is 7.02. The van der Waals surface area contributed by atoms with E-state index in [1.807, 2.05) is 4.57 Å². The molecule has 0 bridgehead atoms. The van der Waals surface area contributed by atoms with Gasteiger partial charge in [-0.05, 0) is 35.9 Å². The summed E-state index contributed by atoms with van der Waals surface area (Å²) in [6.45, 7) is 0.959. The molecule has 0 aliphatic rings. The molecule has 8 heteroatoms. The Hall–Kier alpha value is -2.84. The average Bonchev–Trinajstić information content (AvgIpc) is 3.03. The largest absolute Gasteiger partial charge is 0.465 e. The highest BCUT2D eigenvalue weighted by Gasteiger charge is 2.12. The standard InChI is InChI=1S/C20H19FN2O4S/c1-26-10-9-23-16-8-5-14(19(25)27-2)12-17(16)28-20(23)22-18(24)11-13-3-6-15(21)7-4-13/h3-8,12H,9-11H2,1-2H3. The zero-order chi connectivity index (χ0) is 20.1. The maximum Gasteiger partial charge on any atom is 0.337 e. The van der Waals surface area contributed by atoms with Crippen molar-refractivity contribution in [2.24, 2.45) is 4.99 Å². The molecular formula is C20H19FN2O4S. The highest BCUT2D eigenvalue weighted by atomic mass is 32.1. The fourth-order valence-corrected chi connectivity index (χ4v) is 3.84. The van der Waals surface area contributed by atoms with Gasteiger partial charge < -0.3 is 14.0 Å². The third-order valence-electron chi connectivity index (χ3n) is 4.11. The molecule has 0 aliphatic carbocycles. The molecule has 0 saturated heterocycles. The van der Waals surface area contributed by atoms with E-state index in [-0.39, 0.29) is 18.1 Å². The average molecular weight is 402 g/mol. The Bertz CT molecular complexity index is 1070. The van der Waals surface area contributed by atoms with E-state index < -0.39 is 5.97 Å². The number of ether oxygens (including phenoxy) is 2. The van der Waals surface area contributed by atoms with E-state index in [1.165, 1.54) is 30.6 Å². The number of esters is 1. The number of hydrogen-bond donors (Lipinski definition) is 0. The Balaban J connectivity index is 1.99. The van der Waals surface area contributed by atoms with Crippen molar-refractivity contribution in [3.8, 4) is 0 Å². The number of fused-ring (bicyclic) bond motifs is 1. The first-order valence-electron chi connectivity index (χ1n) is 8.54. The molecular weight excluding hydrogens is 383 g/mol. The molecule has 0 fully saturated rings. The summed E-state index contributed by atoms with van der Waals surface area (Å²) in [5.41, 5.74) is 1.97. The number of halogens is 1. The van der Waals surface area contributed by atoms with Crippen LogP contribution in [0.2, 0.25) is 0 Å². The molecule has 0 atom stereocenters. The van der Waals surface area contributed by atoms with Crippen molar-refractivity contribution >= 4 is 33.4 Å². The van der Waals surface area contributed by atoms with Crippen molar-refractivity contribution in [1.82, 2.24) is 4.57 Å². The lowest BCUT2D eigenvalue weighted by molar-refractivity contribution is -0.117. The lowest BCUT2D eigenvalue weighted by Crippen LogP contribution is -2.19. The monoisotopic (exact) mass is 402 g/mol. The summed E-state index contributed by atoms with van der Waals surface area (Å²) in [4.78, 5) is 28.9. The van der Waals surface area contributed by atoms with Gasteiger partial charge in [-0.15, -0.1) is 0 Å². The number of benzene rings is 2. The van der Waals surface area contributed by atoms with Crippen molar-refractivity contribution < 1.29 is 23.5 Å². The summed E-state index contributed by atoms with van der Waals surface area (Å²) in [5.74, 6) is -1.11. The van der Waals surface area contributed by atoms with Crippen molar-refractivity contribution in [3.63, 3.8) is 0 Å². The molecule has 1 heterocycles. The molecule has 3 rings (SSSR count). The van der Waals surface area contributed by atoms with Crippen LogP contribution in [0.15, 0.2) is 47.5 Å². The van der Waals surface area contributed by atoms with Crippen LogP contribution >= 0.6 is 11.3 Å². The quantitative estimate of drug-likeness (QED) is 0.595. The van der Waals surface area contributed by atoms with E-state index in [1.54, 1.807) is 37.4 Å². The fourth-order valence-electron chi connectivity index (χ4n) is 2.73. The van der Waals surface area contributed by atoms with E-state index in [4.69, 9.17) is 9.47 Å². The van der Waals surface area contributed by atoms with E-state index in [2.05, 4.69) is 4.99 Å². The summed E-state index contributed by atoms with van der Waals surface area (Å²) in [6, 6.07) is 11.0. The van der Waals surface area contributed by atoms with Gasteiger partial charge in [-0.2, -0.15) is 4.99 Å². The molecule has 0 unspecified atom stereocenters. The number of carbonyl (C=O) groups is 2. The molecule has 1 aromatic heterocycles. The van der Waals surface area contributed by atoms with Crippen molar-refractivity contribution in [2.45, 2.75) is 13.0 Å². The Morgan fingerprint density at radius 2 is 1.89 bits per heavy atom. The van der Waals surface area contributed by atoms with Crippen LogP contribution in [0, 0.1) is 5.82 Å². The first-order valence-corrected chi connectivity index (χ1v) is 9.36. The number of methoxy groups -OCH3 is 2. The Labute approximate surface area is 164 Å². The first kappa shape index (κ1) is 19.9. The van der Waals surface area contributed by atoms with Crippen LogP contribution in [0.1, 0.15) is 15.9 Å². The smallest absolute Gasteiger partial charge is 0.337 e. The van der Waals surface area contributed by atoms with E-state index in [0.717, 1.165) is 10.2 Å². The summed E-state index contributed by atoms with van der Waals surface area (Å²) < 4.78 is 25.6. The topological polar surface area (TPSA) is 69.9 Å². The number of rotatable bonds is 6. The second-order valence-electron chi connectivity index (χ2n) is 6.01. The van der Waals surface area contributed by atoms with Gasteiger partial charge in [0.1, 0.15) is 5.82 Å². The summed E-state index contributed by atoms with van der Waals surface area (Å²) in [7, 11) is 2.93. The normalized spacial score (nSPS) is 11.8. The van der Waals surface area contributed by atoms with Crippen LogP contribution in [0.4, 0.5) is 4.39 Å². The molecule has 1 amide bonds. The highest BCUT2D eigenvalue weighted by molar-refractivity contribution is 7.16. The van der Waals surface area contributed by atoms with Gasteiger partial charge in [0.05, 0.1) is 35.9 Å². The third kappa shape index (κ3) is 4.52. The molecule has 0 spiro atoms. The van der Waals surface area contributed by atoms with Crippen LogP contribution in [-0.2, 0) is 27.2 Å². The minimum absolute atomic E-state index is 0.0756. The predicted molar refractivity (Wildman–Crippen MR) is 104 cm³/mol. The molecule has 2 aromatic carbocycles. The van der Waals surface area contributed by atoms with Gasteiger partial charge in [-0.25, -0.2) is 9.18 Å². The molecule has 28 heavy (non-hydrogen) atoms. The molecule has 6 nitrogen and oxygen atoms in total. The third-order valence-corrected chi connectivity index (χ3v) is 5.15. The SMILES string of the molecule is COCCn1c(=NC(=O)Cc2ccc(F)cc2)sc2cc(C(=O)OC)ccc21. The minimum Gasteiger partial charge on any atom is -0.465 e. The van der Waals surface area contributed by atoms with E-state index in [0.29, 0.717) is 29.1 Å². The predicted octanol–water partition coefficient (Wildman–Crippen LogP) is 2.94. The van der Waals surface area contributed by atoms with Crippen LogP contribution in [0.25, 0.3) is 10.2 Å². The lowest BCUT2D eigenvalue weighted by atomic mass is 10.1. The fraction of sp³-hybridized carbons (Fsp3) is 0.250. The number of hydrogen-bond acceptors (Lipinski definition) is 5. The number of aromatic nitrogens is 1. The zero-order valence-electron chi connectivity index (χ0n) is 15.5. The first-order chi connectivity index (χ1) is 13.5. The number of carbonyl (C=O) groups excluding carboxylic acids is 2. The Morgan fingerprint density at radius 3 is 2.57 bits per heavy atom. The van der Waals surface area contributed by atoms with Crippen molar-refractivity contribution in [3.05, 3.63) is 64.2 Å². The van der Waals surface area contributed by atoms with Gasteiger partial charge in [0, 0.05) is 13.7 Å². The zero-order valence-corrected chi connectivity index (χ0v) is 16.3. The van der Waals surface area contributed by atoms with Gasteiger partial charge in [0.25, 0.3) is 5.91 Å². The maximum absolute atomic E-state index is 13.0. The van der Waals surface area contributed by atoms with E-state index >= 15 is 0 Å². The number of thiazole rings is 1. The van der Waals surface area contributed by atoms with Gasteiger partial charge in [0.15, 0.2) is 4.80 Å². The summed E-state index contributed by atoms with van der Waals surface area (Å²) >= 11 is 1.31. The van der Waals surface area contributed by atoms with Gasteiger partial charge in [-0.3, -0.25) is 4.79 Å². The van der Waals surface area contributed by atoms with Gasteiger partial charge >= 0.3 is 5.97 Å². The highest BCUT2D eigenvalue weighted by Crippen LogP contribution is 2.20. The molecule has 0 aliphatic heterocycles.